The molecule has 0 radical (unpaired) electrons. The zero-order valence-electron chi connectivity index (χ0n) is 18.8. The molecule has 4 aromatic rings. The molecule has 0 atom stereocenters. The summed E-state index contributed by atoms with van der Waals surface area (Å²) >= 11 is 0. The number of amides is 2. The van der Waals surface area contributed by atoms with E-state index in [2.05, 4.69) is 25.7 Å². The molecule has 0 fully saturated rings. The Kier molecular flexibility index (Phi) is 6.21. The zero-order valence-corrected chi connectivity index (χ0v) is 18.8. The Bertz CT molecular complexity index is 1280. The molecule has 2 aromatic carbocycles. The predicted molar refractivity (Wildman–Crippen MR) is 126 cm³/mol. The van der Waals surface area contributed by atoms with Crippen LogP contribution in [0.15, 0.2) is 60.9 Å². The van der Waals surface area contributed by atoms with Crippen LogP contribution in [-0.2, 0) is 0 Å². The number of aryl methyl sites for hydroxylation is 1. The van der Waals surface area contributed by atoms with Gasteiger partial charge >= 0.3 is 6.03 Å². The second-order valence-electron chi connectivity index (χ2n) is 7.33. The van der Waals surface area contributed by atoms with E-state index in [-0.39, 0.29) is 6.03 Å². The number of hydrogen-bond donors (Lipinski definition) is 2. The molecule has 9 heteroatoms. The van der Waals surface area contributed by atoms with Gasteiger partial charge in [0, 0.05) is 17.4 Å². The van der Waals surface area contributed by atoms with Gasteiger partial charge in [-0.2, -0.15) is 5.10 Å². The van der Waals surface area contributed by atoms with Gasteiger partial charge in [0.25, 0.3) is 0 Å². The molecule has 0 aliphatic rings. The highest BCUT2D eigenvalue weighted by molar-refractivity contribution is 6.00. The summed E-state index contributed by atoms with van der Waals surface area (Å²) in [6.07, 6.45) is 1.44. The molecule has 9 nitrogen and oxygen atoms in total. The minimum Gasteiger partial charge on any atom is -0.495 e. The lowest BCUT2D eigenvalue weighted by atomic mass is 10.2. The van der Waals surface area contributed by atoms with Crippen LogP contribution < -0.4 is 20.1 Å². The summed E-state index contributed by atoms with van der Waals surface area (Å²) in [5.41, 5.74) is 4.27. The minimum atomic E-state index is -0.381. The SMILES string of the molecule is COc1ccccc1NC(=O)Nc1ccc(Oc2cc(-n3nc(C)c(C)c3C)ncn2)cc1. The summed E-state index contributed by atoms with van der Waals surface area (Å²) in [5.74, 6) is 2.16. The highest BCUT2D eigenvalue weighted by atomic mass is 16.5. The fourth-order valence-electron chi connectivity index (χ4n) is 3.20. The second-order valence-corrected chi connectivity index (χ2v) is 7.33. The number of methoxy groups -OCH3 is 1. The largest absolute Gasteiger partial charge is 0.495 e. The van der Waals surface area contributed by atoms with Crippen LogP contribution in [0.25, 0.3) is 5.82 Å². The minimum absolute atomic E-state index is 0.381. The Balaban J connectivity index is 1.42. The van der Waals surface area contributed by atoms with Gasteiger partial charge in [0.2, 0.25) is 5.88 Å². The molecule has 0 spiro atoms. The summed E-state index contributed by atoms with van der Waals surface area (Å²) in [7, 11) is 1.55. The first-order chi connectivity index (χ1) is 15.9. The van der Waals surface area contributed by atoms with Crippen molar-refractivity contribution in [3.05, 3.63) is 77.9 Å². The molecule has 4 rings (SSSR count). The Hall–Kier alpha value is -4.40. The number of aromatic nitrogens is 4. The van der Waals surface area contributed by atoms with Crippen LogP contribution in [0.1, 0.15) is 17.0 Å². The van der Waals surface area contributed by atoms with Gasteiger partial charge in [-0.1, -0.05) is 12.1 Å². The average Bonchev–Trinajstić information content (AvgIpc) is 3.08. The van der Waals surface area contributed by atoms with Crippen molar-refractivity contribution in [1.82, 2.24) is 19.7 Å². The molecular formula is C24H24N6O3. The molecule has 0 saturated carbocycles. The van der Waals surface area contributed by atoms with Crippen LogP contribution >= 0.6 is 0 Å². The van der Waals surface area contributed by atoms with E-state index in [9.17, 15) is 4.79 Å². The van der Waals surface area contributed by atoms with E-state index in [1.807, 2.05) is 32.9 Å². The highest BCUT2D eigenvalue weighted by Crippen LogP contribution is 2.25. The van der Waals surface area contributed by atoms with Crippen molar-refractivity contribution >= 4 is 17.4 Å². The monoisotopic (exact) mass is 444 g/mol. The first-order valence-electron chi connectivity index (χ1n) is 10.3. The van der Waals surface area contributed by atoms with E-state index in [1.165, 1.54) is 6.33 Å². The maximum absolute atomic E-state index is 12.3. The van der Waals surface area contributed by atoms with Crippen molar-refractivity contribution in [3.8, 4) is 23.2 Å². The number of para-hydroxylation sites is 2. The number of nitrogens with one attached hydrogen (secondary N) is 2. The first-order valence-corrected chi connectivity index (χ1v) is 10.3. The lowest BCUT2D eigenvalue weighted by molar-refractivity contribution is 0.262. The van der Waals surface area contributed by atoms with Gasteiger partial charge in [-0.3, -0.25) is 0 Å². The van der Waals surface area contributed by atoms with E-state index in [0.717, 1.165) is 17.0 Å². The smallest absolute Gasteiger partial charge is 0.323 e. The Labute approximate surface area is 191 Å². The number of benzene rings is 2. The van der Waals surface area contributed by atoms with Crippen LogP contribution in [-0.4, -0.2) is 32.9 Å². The van der Waals surface area contributed by atoms with Gasteiger partial charge < -0.3 is 20.1 Å². The van der Waals surface area contributed by atoms with Crippen LogP contribution in [0.2, 0.25) is 0 Å². The van der Waals surface area contributed by atoms with Crippen LogP contribution in [0.4, 0.5) is 16.2 Å². The van der Waals surface area contributed by atoms with Gasteiger partial charge in [-0.15, -0.1) is 0 Å². The number of nitrogens with zero attached hydrogens (tertiary/aromatic N) is 4. The van der Waals surface area contributed by atoms with Crippen molar-refractivity contribution in [2.24, 2.45) is 0 Å². The summed E-state index contributed by atoms with van der Waals surface area (Å²) in [6.45, 7) is 5.98. The third-order valence-electron chi connectivity index (χ3n) is 5.19. The van der Waals surface area contributed by atoms with Crippen LogP contribution in [0, 0.1) is 20.8 Å². The molecule has 0 aliphatic carbocycles. The van der Waals surface area contributed by atoms with Crippen molar-refractivity contribution in [3.63, 3.8) is 0 Å². The second kappa shape index (κ2) is 9.39. The number of ether oxygens (including phenoxy) is 2. The lowest BCUT2D eigenvalue weighted by Crippen LogP contribution is -2.19. The number of rotatable bonds is 6. The Morgan fingerprint density at radius 2 is 1.73 bits per heavy atom. The quantitative estimate of drug-likeness (QED) is 0.432. The standard InChI is InChI=1S/C24H24N6O3/c1-15-16(2)29-30(17(15)3)22-13-23(26-14-25-22)33-19-11-9-18(10-12-19)27-24(31)28-20-7-5-6-8-21(20)32-4/h5-14H,1-4H3,(H2,27,28,31). The van der Waals surface area contributed by atoms with E-state index < -0.39 is 0 Å². The molecule has 0 bridgehead atoms. The van der Waals surface area contributed by atoms with Gasteiger partial charge in [0.15, 0.2) is 5.82 Å². The third kappa shape index (κ3) is 4.93. The van der Waals surface area contributed by atoms with Crippen molar-refractivity contribution < 1.29 is 14.3 Å². The molecule has 2 N–H and O–H groups in total. The van der Waals surface area contributed by atoms with Gasteiger partial charge in [0.1, 0.15) is 17.8 Å². The molecule has 0 aliphatic heterocycles. The summed E-state index contributed by atoms with van der Waals surface area (Å²) < 4.78 is 12.9. The predicted octanol–water partition coefficient (Wildman–Crippen LogP) is 5.03. The number of urea groups is 1. The summed E-state index contributed by atoms with van der Waals surface area (Å²) in [6, 6.07) is 15.5. The summed E-state index contributed by atoms with van der Waals surface area (Å²) in [4.78, 5) is 20.8. The molecule has 168 valence electrons. The topological polar surface area (TPSA) is 103 Å². The number of carbonyl (C=O) groups is 1. The van der Waals surface area contributed by atoms with Crippen LogP contribution in [0.3, 0.4) is 0 Å². The Morgan fingerprint density at radius 3 is 2.42 bits per heavy atom. The summed E-state index contributed by atoms with van der Waals surface area (Å²) in [5, 5.41) is 10.1. The zero-order chi connectivity index (χ0) is 23.4. The molecule has 2 aromatic heterocycles. The Morgan fingerprint density at radius 1 is 0.970 bits per heavy atom. The fraction of sp³-hybridized carbons (Fsp3) is 0.167. The number of anilines is 2. The first kappa shape index (κ1) is 21.8. The fourth-order valence-corrected chi connectivity index (χ4v) is 3.20. The van der Waals surface area contributed by atoms with Crippen LogP contribution in [0.5, 0.6) is 17.4 Å². The average molecular weight is 444 g/mol. The van der Waals surface area contributed by atoms with E-state index >= 15 is 0 Å². The van der Waals surface area contributed by atoms with Gasteiger partial charge in [0.05, 0.1) is 18.5 Å². The third-order valence-corrected chi connectivity index (χ3v) is 5.19. The maximum atomic E-state index is 12.3. The van der Waals surface area contributed by atoms with Gasteiger partial charge in [-0.25, -0.2) is 19.4 Å². The molecule has 2 heterocycles. The molecule has 0 saturated heterocycles. The normalized spacial score (nSPS) is 10.5. The van der Waals surface area contributed by atoms with E-state index in [0.29, 0.717) is 34.6 Å². The van der Waals surface area contributed by atoms with Crippen molar-refractivity contribution in [1.29, 1.82) is 0 Å². The lowest BCUT2D eigenvalue weighted by Gasteiger charge is -2.11. The van der Waals surface area contributed by atoms with Crippen molar-refractivity contribution in [2.45, 2.75) is 20.8 Å². The van der Waals surface area contributed by atoms with E-state index in [4.69, 9.17) is 9.47 Å². The molecule has 0 unspecified atom stereocenters. The highest BCUT2D eigenvalue weighted by Gasteiger charge is 2.12. The molecular weight excluding hydrogens is 420 g/mol. The van der Waals surface area contributed by atoms with Crippen molar-refractivity contribution in [2.75, 3.05) is 17.7 Å². The number of hydrogen-bond acceptors (Lipinski definition) is 6. The number of carbonyl (C=O) groups excluding carboxylic acids is 1. The molecule has 2 amide bonds. The molecule has 33 heavy (non-hydrogen) atoms. The van der Waals surface area contributed by atoms with Gasteiger partial charge in [-0.05, 0) is 62.7 Å². The maximum Gasteiger partial charge on any atom is 0.323 e. The van der Waals surface area contributed by atoms with E-state index in [1.54, 1.807) is 54.3 Å².